The molecule has 0 radical (unpaired) electrons. The molecule has 82 valence electrons. The van der Waals surface area contributed by atoms with Crippen LogP contribution in [0.1, 0.15) is 24.4 Å². The molecule has 0 unspecified atom stereocenters. The third-order valence-electron chi connectivity index (χ3n) is 1.59. The van der Waals surface area contributed by atoms with Crippen molar-refractivity contribution in [3.8, 4) is 0 Å². The number of rotatable bonds is 6. The van der Waals surface area contributed by atoms with Gasteiger partial charge in [0.25, 0.3) is 0 Å². The first kappa shape index (κ1) is 12.5. The van der Waals surface area contributed by atoms with Gasteiger partial charge in [-0.2, -0.15) is 0 Å². The summed E-state index contributed by atoms with van der Waals surface area (Å²) in [4.78, 5) is 11.7. The van der Waals surface area contributed by atoms with Gasteiger partial charge in [0.1, 0.15) is 0 Å². The Morgan fingerprint density at radius 3 is 2.53 bits per heavy atom. The summed E-state index contributed by atoms with van der Waals surface area (Å²) in [6.45, 7) is 4.15. The molecule has 1 aromatic heterocycles. The number of ketones is 1. The van der Waals surface area contributed by atoms with Crippen molar-refractivity contribution in [2.75, 3.05) is 11.5 Å². The minimum atomic E-state index is -0.0584. The van der Waals surface area contributed by atoms with E-state index < -0.39 is 0 Å². The van der Waals surface area contributed by atoms with Gasteiger partial charge in [-0.25, -0.2) is 0 Å². The largest absolute Gasteiger partial charge is 0.461 e. The lowest BCUT2D eigenvalue weighted by atomic mass is 10.3. The van der Waals surface area contributed by atoms with Crippen molar-refractivity contribution in [1.82, 2.24) is 0 Å². The molecule has 0 aliphatic heterocycles. The molecule has 0 aliphatic rings. The third-order valence-corrected chi connectivity index (χ3v) is 3.68. The van der Waals surface area contributed by atoms with Crippen LogP contribution in [0.25, 0.3) is 0 Å². The predicted octanol–water partition coefficient (Wildman–Crippen LogP) is 3.81. The fraction of sp³-hybridized carbons (Fsp3) is 0.364. The van der Waals surface area contributed by atoms with Crippen LogP contribution in [0.4, 0.5) is 0 Å². The number of carbonyl (C=O) groups excluding carboxylic acids is 1. The summed E-state index contributed by atoms with van der Waals surface area (Å²) in [5.41, 5.74) is 0. The molecule has 0 spiro atoms. The summed E-state index contributed by atoms with van der Waals surface area (Å²) >= 11 is 3.38. The number of carbonyl (C=O) groups is 1. The molecule has 0 saturated carbocycles. The monoisotopic (exact) mass is 242 g/mol. The zero-order chi connectivity index (χ0) is 11.1. The van der Waals surface area contributed by atoms with Gasteiger partial charge in [-0.15, -0.1) is 23.5 Å². The second-order valence-corrected chi connectivity index (χ2v) is 5.54. The van der Waals surface area contributed by atoms with Gasteiger partial charge in [-0.05, 0) is 23.6 Å². The predicted molar refractivity (Wildman–Crippen MR) is 67.4 cm³/mol. The van der Waals surface area contributed by atoms with Crippen LogP contribution in [0.2, 0.25) is 0 Å². The van der Waals surface area contributed by atoms with Gasteiger partial charge in [0.2, 0.25) is 5.78 Å². The van der Waals surface area contributed by atoms with E-state index in [0.29, 0.717) is 5.76 Å². The Labute approximate surface area is 98.5 Å². The van der Waals surface area contributed by atoms with Crippen molar-refractivity contribution in [1.29, 1.82) is 0 Å². The first-order chi connectivity index (χ1) is 7.27. The minimum absolute atomic E-state index is 0.0584. The molecule has 0 atom stereocenters. The molecular weight excluding hydrogens is 228 g/mol. The van der Waals surface area contributed by atoms with Gasteiger partial charge in [0, 0.05) is 10.3 Å². The van der Waals surface area contributed by atoms with Gasteiger partial charge in [-0.1, -0.05) is 13.8 Å². The lowest BCUT2D eigenvalue weighted by molar-refractivity contribution is 0.102. The molecule has 0 bridgehead atoms. The van der Waals surface area contributed by atoms with Crippen LogP contribution in [0, 0.1) is 0 Å². The van der Waals surface area contributed by atoms with Crippen LogP contribution in [-0.4, -0.2) is 17.3 Å². The smallest absolute Gasteiger partial charge is 0.222 e. The maximum Gasteiger partial charge on any atom is 0.222 e. The topological polar surface area (TPSA) is 30.2 Å². The average molecular weight is 242 g/mol. The highest BCUT2D eigenvalue weighted by atomic mass is 32.2. The van der Waals surface area contributed by atoms with Gasteiger partial charge in [-0.3, -0.25) is 4.79 Å². The maximum absolute atomic E-state index is 11.7. The second-order valence-electron chi connectivity index (χ2n) is 2.67. The van der Waals surface area contributed by atoms with Gasteiger partial charge >= 0.3 is 0 Å². The second kappa shape index (κ2) is 6.80. The quantitative estimate of drug-likeness (QED) is 0.560. The zero-order valence-corrected chi connectivity index (χ0v) is 10.5. The van der Waals surface area contributed by atoms with Crippen LogP contribution < -0.4 is 0 Å². The third kappa shape index (κ3) is 4.18. The van der Waals surface area contributed by atoms with E-state index in [9.17, 15) is 4.79 Å². The lowest BCUT2D eigenvalue weighted by Gasteiger charge is -2.01. The van der Waals surface area contributed by atoms with E-state index in [1.54, 1.807) is 41.7 Å². The molecule has 1 heterocycles. The fourth-order valence-electron chi connectivity index (χ4n) is 1.01. The summed E-state index contributed by atoms with van der Waals surface area (Å²) in [5, 5.41) is 0. The van der Waals surface area contributed by atoms with Crippen molar-refractivity contribution < 1.29 is 9.21 Å². The molecule has 0 fully saturated rings. The molecule has 15 heavy (non-hydrogen) atoms. The standard InChI is InChI=1S/C11H14O2S2/c1-3-14-11(15-4-2)8-9(12)10-6-5-7-13-10/h5-8H,3-4H2,1-2H3. The molecule has 0 aromatic carbocycles. The Bertz CT molecular complexity index is 320. The molecular formula is C11H14O2S2. The Morgan fingerprint density at radius 2 is 2.07 bits per heavy atom. The van der Waals surface area contributed by atoms with E-state index >= 15 is 0 Å². The van der Waals surface area contributed by atoms with Crippen molar-refractivity contribution in [2.45, 2.75) is 13.8 Å². The Kier molecular flexibility index (Phi) is 5.65. The molecule has 0 aliphatic carbocycles. The van der Waals surface area contributed by atoms with Crippen molar-refractivity contribution in [2.24, 2.45) is 0 Å². The minimum Gasteiger partial charge on any atom is -0.461 e. The average Bonchev–Trinajstić information content (AvgIpc) is 2.71. The Hall–Kier alpha value is -0.610. The van der Waals surface area contributed by atoms with Crippen LogP contribution in [0.5, 0.6) is 0 Å². The highest BCUT2D eigenvalue weighted by Gasteiger charge is 2.07. The van der Waals surface area contributed by atoms with E-state index in [4.69, 9.17) is 4.42 Å². The fourth-order valence-corrected chi connectivity index (χ4v) is 3.00. The lowest BCUT2D eigenvalue weighted by Crippen LogP contribution is -1.92. The van der Waals surface area contributed by atoms with Gasteiger partial charge < -0.3 is 4.42 Å². The van der Waals surface area contributed by atoms with E-state index in [1.165, 1.54) is 6.26 Å². The summed E-state index contributed by atoms with van der Waals surface area (Å²) in [7, 11) is 0. The molecule has 1 rings (SSSR count). The van der Waals surface area contributed by atoms with Crippen molar-refractivity contribution in [3.63, 3.8) is 0 Å². The number of hydrogen-bond donors (Lipinski definition) is 0. The number of furan rings is 1. The first-order valence-electron chi connectivity index (χ1n) is 4.83. The van der Waals surface area contributed by atoms with Crippen LogP contribution in [0.3, 0.4) is 0 Å². The van der Waals surface area contributed by atoms with Crippen LogP contribution in [-0.2, 0) is 0 Å². The first-order valence-corrected chi connectivity index (χ1v) is 6.80. The van der Waals surface area contributed by atoms with Crippen molar-refractivity contribution in [3.05, 3.63) is 34.5 Å². The Balaban J connectivity index is 2.69. The number of thioether (sulfide) groups is 2. The SMILES string of the molecule is CCSC(=CC(=O)c1ccco1)SCC. The molecule has 0 saturated heterocycles. The van der Waals surface area contributed by atoms with E-state index in [0.717, 1.165) is 15.7 Å². The van der Waals surface area contributed by atoms with Crippen molar-refractivity contribution >= 4 is 29.3 Å². The Morgan fingerprint density at radius 1 is 1.40 bits per heavy atom. The summed E-state index contributed by atoms with van der Waals surface area (Å²) < 4.78 is 6.10. The molecule has 1 aromatic rings. The molecule has 4 heteroatoms. The van der Waals surface area contributed by atoms with E-state index in [2.05, 4.69) is 13.8 Å². The number of hydrogen-bond acceptors (Lipinski definition) is 4. The summed E-state index contributed by atoms with van der Waals surface area (Å²) in [6, 6.07) is 3.41. The van der Waals surface area contributed by atoms with Crippen LogP contribution in [0.15, 0.2) is 33.1 Å². The zero-order valence-electron chi connectivity index (χ0n) is 8.86. The summed E-state index contributed by atoms with van der Waals surface area (Å²) in [5.74, 6) is 2.30. The highest BCUT2D eigenvalue weighted by Crippen LogP contribution is 2.28. The molecule has 0 N–H and O–H groups in total. The maximum atomic E-state index is 11.7. The van der Waals surface area contributed by atoms with Gasteiger partial charge in [0.05, 0.1) is 6.26 Å². The van der Waals surface area contributed by atoms with Gasteiger partial charge in [0.15, 0.2) is 5.76 Å². The molecule has 0 amide bonds. The van der Waals surface area contributed by atoms with E-state index in [1.807, 2.05) is 0 Å². The van der Waals surface area contributed by atoms with E-state index in [-0.39, 0.29) is 5.78 Å². The van der Waals surface area contributed by atoms with Crippen LogP contribution >= 0.6 is 23.5 Å². The highest BCUT2D eigenvalue weighted by molar-refractivity contribution is 8.22. The normalized spacial score (nSPS) is 10.0. The molecule has 2 nitrogen and oxygen atoms in total. The number of allylic oxidation sites excluding steroid dienone is 1. The summed E-state index contributed by atoms with van der Waals surface area (Å²) in [6.07, 6.45) is 3.17.